The molecule has 0 radical (unpaired) electrons. The van der Waals surface area contributed by atoms with Gasteiger partial charge in [0, 0.05) is 5.56 Å². The quantitative estimate of drug-likeness (QED) is 0.600. The summed E-state index contributed by atoms with van der Waals surface area (Å²) in [7, 11) is 0. The van der Waals surface area contributed by atoms with E-state index in [0.717, 1.165) is 15.3 Å². The number of benzene rings is 2. The summed E-state index contributed by atoms with van der Waals surface area (Å²) in [5, 5.41) is 12.6. The summed E-state index contributed by atoms with van der Waals surface area (Å²) < 4.78 is 2.31. The number of carbonyl (C=O) groups is 1. The van der Waals surface area contributed by atoms with Gasteiger partial charge in [0.05, 0.1) is 10.1 Å². The zero-order chi connectivity index (χ0) is 17.2. The molecule has 0 aliphatic carbocycles. The van der Waals surface area contributed by atoms with Crippen molar-refractivity contribution < 1.29 is 4.79 Å². The smallest absolute Gasteiger partial charge is 0.268 e. The van der Waals surface area contributed by atoms with Gasteiger partial charge in [-0.05, 0) is 12.1 Å². The first-order valence-corrected chi connectivity index (χ1v) is 9.07. The average Bonchev–Trinajstić information content (AvgIpc) is 3.21. The molecule has 6 nitrogen and oxygen atoms in total. The fourth-order valence-corrected chi connectivity index (χ4v) is 4.14. The first-order valence-electron chi connectivity index (χ1n) is 7.48. The zero-order valence-electron chi connectivity index (χ0n) is 12.9. The van der Waals surface area contributed by atoms with Crippen LogP contribution in [0.15, 0.2) is 59.4 Å². The molecule has 1 amide bonds. The summed E-state index contributed by atoms with van der Waals surface area (Å²) in [6, 6.07) is 16.9. The Kier molecular flexibility index (Phi) is 4.12. The number of carbonyl (C=O) groups excluding carboxylic acids is 1. The van der Waals surface area contributed by atoms with Gasteiger partial charge >= 0.3 is 0 Å². The Morgan fingerprint density at radius 1 is 1.04 bits per heavy atom. The maximum Gasteiger partial charge on any atom is 0.268 e. The second kappa shape index (κ2) is 6.58. The van der Waals surface area contributed by atoms with Crippen molar-refractivity contribution in [3.8, 4) is 10.6 Å². The van der Waals surface area contributed by atoms with Crippen molar-refractivity contribution in [3.05, 3.63) is 65.0 Å². The van der Waals surface area contributed by atoms with Gasteiger partial charge in [0.1, 0.15) is 11.6 Å². The molecular weight excluding hydrogens is 356 g/mol. The first kappa shape index (κ1) is 15.7. The minimum atomic E-state index is -0.301. The molecule has 0 atom stereocenters. The van der Waals surface area contributed by atoms with Crippen LogP contribution in [0.5, 0.6) is 0 Å². The van der Waals surface area contributed by atoms with E-state index in [1.165, 1.54) is 26.8 Å². The van der Waals surface area contributed by atoms with Crippen molar-refractivity contribution in [2.75, 3.05) is 5.32 Å². The number of hydrogen-bond donors (Lipinski definition) is 1. The average molecular weight is 368 g/mol. The molecule has 1 N–H and O–H groups in total. The minimum absolute atomic E-state index is 0.0432. The lowest BCUT2D eigenvalue weighted by atomic mass is 10.2. The molecule has 25 heavy (non-hydrogen) atoms. The van der Waals surface area contributed by atoms with E-state index in [1.54, 1.807) is 6.07 Å². The van der Waals surface area contributed by atoms with Crippen LogP contribution in [-0.4, -0.2) is 20.1 Å². The molecule has 124 valence electrons. The highest BCUT2D eigenvalue weighted by Crippen LogP contribution is 2.26. The van der Waals surface area contributed by atoms with Crippen LogP contribution >= 0.6 is 22.9 Å². The van der Waals surface area contributed by atoms with E-state index in [9.17, 15) is 9.59 Å². The van der Waals surface area contributed by atoms with Gasteiger partial charge in [0.15, 0.2) is 0 Å². The van der Waals surface area contributed by atoms with Crippen LogP contribution in [0.1, 0.15) is 0 Å². The number of nitrogens with zero attached hydrogens (tertiary/aromatic N) is 3. The van der Waals surface area contributed by atoms with Crippen molar-refractivity contribution in [3.63, 3.8) is 0 Å². The largest absolute Gasteiger partial charge is 0.299 e. The van der Waals surface area contributed by atoms with E-state index < -0.39 is 0 Å². The normalized spacial score (nSPS) is 10.9. The molecule has 0 bridgehead atoms. The van der Waals surface area contributed by atoms with Crippen molar-refractivity contribution in [2.24, 2.45) is 0 Å². The lowest BCUT2D eigenvalue weighted by Gasteiger charge is -2.00. The first-order chi connectivity index (χ1) is 12.2. The summed E-state index contributed by atoms with van der Waals surface area (Å²) in [6.45, 7) is -0.0432. The summed E-state index contributed by atoms with van der Waals surface area (Å²) in [5.41, 5.74) is 0.791. The number of fused-ring (bicyclic) bond motifs is 1. The molecule has 0 saturated heterocycles. The number of hydrogen-bond acceptors (Lipinski definition) is 6. The number of anilines is 1. The summed E-state index contributed by atoms with van der Waals surface area (Å²) in [5.74, 6) is -0.301. The van der Waals surface area contributed by atoms with Gasteiger partial charge in [0.25, 0.3) is 5.56 Å². The molecule has 2 aromatic carbocycles. The van der Waals surface area contributed by atoms with Crippen molar-refractivity contribution in [1.29, 1.82) is 0 Å². The highest BCUT2D eigenvalue weighted by molar-refractivity contribution is 7.18. The summed E-state index contributed by atoms with van der Waals surface area (Å²) >= 11 is 2.57. The van der Waals surface area contributed by atoms with Gasteiger partial charge in [-0.3, -0.25) is 18.9 Å². The van der Waals surface area contributed by atoms with Gasteiger partial charge in [-0.15, -0.1) is 10.2 Å². The second-order valence-electron chi connectivity index (χ2n) is 5.26. The fraction of sp³-hybridized carbons (Fsp3) is 0.0588. The second-order valence-corrected chi connectivity index (χ2v) is 7.30. The van der Waals surface area contributed by atoms with E-state index in [2.05, 4.69) is 15.5 Å². The molecule has 8 heteroatoms. The minimum Gasteiger partial charge on any atom is -0.299 e. The highest BCUT2D eigenvalue weighted by Gasteiger charge is 2.13. The van der Waals surface area contributed by atoms with E-state index in [-0.39, 0.29) is 18.0 Å². The van der Waals surface area contributed by atoms with Gasteiger partial charge < -0.3 is 0 Å². The molecule has 0 saturated carbocycles. The Morgan fingerprint density at radius 2 is 1.80 bits per heavy atom. The van der Waals surface area contributed by atoms with Crippen LogP contribution in [0.2, 0.25) is 0 Å². The Hall–Kier alpha value is -2.84. The third-order valence-electron chi connectivity index (χ3n) is 3.53. The molecule has 4 rings (SSSR count). The molecule has 0 aliphatic heterocycles. The SMILES string of the molecule is O=C(Cn1sc2ccccc2c1=O)Nc1nnc(-c2ccccc2)s1. The molecule has 4 aromatic rings. The zero-order valence-corrected chi connectivity index (χ0v) is 14.5. The standard InChI is InChI=1S/C17H12N4O2S2/c22-14(10-21-16(23)12-8-4-5-9-13(12)25-21)18-17-20-19-15(24-17)11-6-2-1-3-7-11/h1-9H,10H2,(H,18,20,22). The summed E-state index contributed by atoms with van der Waals surface area (Å²) in [6.07, 6.45) is 0. The van der Waals surface area contributed by atoms with Crippen molar-refractivity contribution in [2.45, 2.75) is 6.54 Å². The van der Waals surface area contributed by atoms with Gasteiger partial charge in [-0.2, -0.15) is 0 Å². The highest BCUT2D eigenvalue weighted by atomic mass is 32.1. The van der Waals surface area contributed by atoms with Gasteiger partial charge in [-0.25, -0.2) is 0 Å². The Morgan fingerprint density at radius 3 is 2.60 bits per heavy atom. The molecule has 0 unspecified atom stereocenters. The van der Waals surface area contributed by atoms with Crippen LogP contribution in [0.4, 0.5) is 5.13 Å². The van der Waals surface area contributed by atoms with Gasteiger partial charge in [0.2, 0.25) is 11.0 Å². The third kappa shape index (κ3) is 3.21. The fourth-order valence-electron chi connectivity index (χ4n) is 2.38. The van der Waals surface area contributed by atoms with E-state index in [0.29, 0.717) is 10.5 Å². The third-order valence-corrected chi connectivity index (χ3v) is 5.49. The van der Waals surface area contributed by atoms with E-state index in [1.807, 2.05) is 48.5 Å². The predicted molar refractivity (Wildman–Crippen MR) is 100 cm³/mol. The van der Waals surface area contributed by atoms with Crippen LogP contribution in [0, 0.1) is 0 Å². The maximum atomic E-state index is 12.3. The van der Waals surface area contributed by atoms with Gasteiger partial charge in [-0.1, -0.05) is 65.3 Å². The Labute approximate surface area is 150 Å². The molecule has 2 heterocycles. The number of rotatable bonds is 4. The molecule has 0 spiro atoms. The number of nitrogens with one attached hydrogen (secondary N) is 1. The lowest BCUT2D eigenvalue weighted by Crippen LogP contribution is -2.23. The monoisotopic (exact) mass is 368 g/mol. The molecular formula is C17H12N4O2S2. The molecule has 0 fully saturated rings. The number of amides is 1. The number of aromatic nitrogens is 3. The molecule has 2 aromatic heterocycles. The van der Waals surface area contributed by atoms with Crippen LogP contribution in [0.25, 0.3) is 20.7 Å². The Balaban J connectivity index is 1.50. The van der Waals surface area contributed by atoms with Crippen molar-refractivity contribution >= 4 is 44.0 Å². The van der Waals surface area contributed by atoms with E-state index >= 15 is 0 Å². The van der Waals surface area contributed by atoms with Crippen LogP contribution in [0.3, 0.4) is 0 Å². The predicted octanol–water partition coefficient (Wildman–Crippen LogP) is 3.22. The maximum absolute atomic E-state index is 12.3. The molecule has 0 aliphatic rings. The van der Waals surface area contributed by atoms with Crippen LogP contribution in [-0.2, 0) is 11.3 Å². The topological polar surface area (TPSA) is 76.9 Å². The van der Waals surface area contributed by atoms with Crippen LogP contribution < -0.4 is 10.9 Å². The van der Waals surface area contributed by atoms with Crippen molar-refractivity contribution in [1.82, 2.24) is 14.2 Å². The van der Waals surface area contributed by atoms with E-state index in [4.69, 9.17) is 0 Å². The summed E-state index contributed by atoms with van der Waals surface area (Å²) in [4.78, 5) is 24.5. The lowest BCUT2D eigenvalue weighted by molar-refractivity contribution is -0.116. The Bertz CT molecular complexity index is 1100.